The summed E-state index contributed by atoms with van der Waals surface area (Å²) < 4.78 is 6.23. The molecular formula is C21H14N2O4S2. The average molecular weight is 422 g/mol. The smallest absolute Gasteiger partial charge is 0.270 e. The fourth-order valence-corrected chi connectivity index (χ4v) is 4.15. The third-order valence-electron chi connectivity index (χ3n) is 4.33. The van der Waals surface area contributed by atoms with Crippen molar-refractivity contribution >= 4 is 51.7 Å². The summed E-state index contributed by atoms with van der Waals surface area (Å²) in [6, 6.07) is 17.2. The number of carbonyl (C=O) groups excluding carboxylic acids is 1. The predicted octanol–water partition coefficient (Wildman–Crippen LogP) is 5.57. The number of anilines is 1. The molecule has 0 spiro atoms. The van der Waals surface area contributed by atoms with Crippen LogP contribution in [-0.2, 0) is 4.79 Å². The number of furan rings is 1. The number of nitrogens with zero attached hydrogens (tertiary/aromatic N) is 2. The van der Waals surface area contributed by atoms with Crippen LogP contribution in [0.3, 0.4) is 0 Å². The first kappa shape index (κ1) is 19.1. The molecule has 0 unspecified atom stereocenters. The van der Waals surface area contributed by atoms with Crippen LogP contribution in [0.2, 0.25) is 0 Å². The zero-order valence-corrected chi connectivity index (χ0v) is 16.8. The topological polar surface area (TPSA) is 76.6 Å². The highest BCUT2D eigenvalue weighted by Crippen LogP contribution is 2.36. The first-order valence-electron chi connectivity index (χ1n) is 8.62. The Balaban J connectivity index is 1.60. The summed E-state index contributed by atoms with van der Waals surface area (Å²) >= 11 is 6.59. The largest absolute Gasteiger partial charge is 0.457 e. The van der Waals surface area contributed by atoms with Gasteiger partial charge in [-0.25, -0.2) is 0 Å². The van der Waals surface area contributed by atoms with Crippen molar-refractivity contribution in [2.75, 3.05) is 4.90 Å². The van der Waals surface area contributed by atoms with Gasteiger partial charge < -0.3 is 4.42 Å². The van der Waals surface area contributed by atoms with Crippen LogP contribution in [0.15, 0.2) is 70.0 Å². The van der Waals surface area contributed by atoms with Crippen LogP contribution >= 0.6 is 24.0 Å². The standard InChI is InChI=1S/C21H14N2O4S2/c1-13-5-7-15(8-6-13)22-20(24)19(29-21(22)28)12-17-9-10-18(27-17)14-3-2-4-16(11-14)23(25)26/h2-12H,1H3/b19-12+. The Morgan fingerprint density at radius 3 is 2.62 bits per heavy atom. The second-order valence-electron chi connectivity index (χ2n) is 6.36. The van der Waals surface area contributed by atoms with E-state index in [1.54, 1.807) is 30.3 Å². The van der Waals surface area contributed by atoms with Crippen molar-refractivity contribution in [1.29, 1.82) is 0 Å². The molecule has 4 rings (SSSR count). The van der Waals surface area contributed by atoms with Crippen molar-refractivity contribution in [3.8, 4) is 11.3 Å². The second kappa shape index (κ2) is 7.65. The minimum absolute atomic E-state index is 0.0144. The van der Waals surface area contributed by atoms with Gasteiger partial charge in [0.05, 0.1) is 15.5 Å². The number of non-ortho nitro benzene ring substituents is 1. The number of nitro groups is 1. The van der Waals surface area contributed by atoms with E-state index in [2.05, 4.69) is 0 Å². The maximum absolute atomic E-state index is 12.8. The lowest BCUT2D eigenvalue weighted by Gasteiger charge is -2.14. The van der Waals surface area contributed by atoms with Crippen LogP contribution < -0.4 is 4.90 Å². The van der Waals surface area contributed by atoms with Crippen LogP contribution in [-0.4, -0.2) is 15.2 Å². The van der Waals surface area contributed by atoms with Gasteiger partial charge in [-0.2, -0.15) is 0 Å². The average Bonchev–Trinajstić information content (AvgIpc) is 3.28. The SMILES string of the molecule is Cc1ccc(N2C(=O)/C(=C\c3ccc(-c4cccc([N+](=O)[O-])c4)o3)SC2=S)cc1. The van der Waals surface area contributed by atoms with Gasteiger partial charge in [0, 0.05) is 23.8 Å². The predicted molar refractivity (Wildman–Crippen MR) is 118 cm³/mol. The van der Waals surface area contributed by atoms with Gasteiger partial charge in [0.2, 0.25) is 0 Å². The molecule has 3 aromatic rings. The molecule has 1 aliphatic rings. The summed E-state index contributed by atoms with van der Waals surface area (Å²) in [7, 11) is 0. The maximum Gasteiger partial charge on any atom is 0.270 e. The van der Waals surface area contributed by atoms with Crippen LogP contribution in [0.4, 0.5) is 11.4 Å². The molecule has 1 amide bonds. The molecule has 6 nitrogen and oxygen atoms in total. The Kier molecular flexibility index (Phi) is 5.04. The van der Waals surface area contributed by atoms with E-state index in [4.69, 9.17) is 16.6 Å². The molecular weight excluding hydrogens is 408 g/mol. The highest BCUT2D eigenvalue weighted by atomic mass is 32.2. The van der Waals surface area contributed by atoms with Crippen molar-refractivity contribution < 1.29 is 14.1 Å². The molecule has 0 aliphatic carbocycles. The van der Waals surface area contributed by atoms with Crippen molar-refractivity contribution in [2.24, 2.45) is 0 Å². The lowest BCUT2D eigenvalue weighted by molar-refractivity contribution is -0.384. The number of nitro benzene ring substituents is 1. The van der Waals surface area contributed by atoms with Crippen LogP contribution in [0.5, 0.6) is 0 Å². The Morgan fingerprint density at radius 1 is 1.14 bits per heavy atom. The molecule has 0 bridgehead atoms. The van der Waals surface area contributed by atoms with Gasteiger partial charge in [-0.15, -0.1) is 0 Å². The number of aryl methyl sites for hydroxylation is 1. The van der Waals surface area contributed by atoms with Crippen LogP contribution in [0.25, 0.3) is 17.4 Å². The van der Waals surface area contributed by atoms with E-state index in [0.717, 1.165) is 11.3 Å². The van der Waals surface area contributed by atoms with Crippen molar-refractivity contribution in [1.82, 2.24) is 0 Å². The molecule has 0 atom stereocenters. The molecule has 2 heterocycles. The van der Waals surface area contributed by atoms with E-state index >= 15 is 0 Å². The normalized spacial score (nSPS) is 15.3. The number of hydrogen-bond acceptors (Lipinski definition) is 6. The Labute approximate surface area is 176 Å². The van der Waals surface area contributed by atoms with E-state index in [9.17, 15) is 14.9 Å². The summed E-state index contributed by atoms with van der Waals surface area (Å²) in [5.41, 5.74) is 2.39. The van der Waals surface area contributed by atoms with Gasteiger partial charge in [-0.3, -0.25) is 19.8 Å². The molecule has 8 heteroatoms. The Bertz CT molecular complexity index is 1170. The number of thioether (sulfide) groups is 1. The highest BCUT2D eigenvalue weighted by molar-refractivity contribution is 8.27. The van der Waals surface area contributed by atoms with Gasteiger partial charge in [0.15, 0.2) is 4.32 Å². The minimum Gasteiger partial charge on any atom is -0.457 e. The zero-order valence-electron chi connectivity index (χ0n) is 15.2. The summed E-state index contributed by atoms with van der Waals surface area (Å²) in [4.78, 5) is 25.3. The Morgan fingerprint density at radius 2 is 1.90 bits per heavy atom. The Hall–Kier alpha value is -3.23. The number of thiocarbonyl (C=S) groups is 1. The van der Waals surface area contributed by atoms with Gasteiger partial charge in [0.25, 0.3) is 11.6 Å². The molecule has 144 valence electrons. The van der Waals surface area contributed by atoms with Crippen LogP contribution in [0, 0.1) is 17.0 Å². The molecule has 0 saturated carbocycles. The fourth-order valence-electron chi connectivity index (χ4n) is 2.87. The summed E-state index contributed by atoms with van der Waals surface area (Å²) in [6.45, 7) is 1.98. The fraction of sp³-hybridized carbons (Fsp3) is 0.0476. The van der Waals surface area contributed by atoms with Gasteiger partial charge in [-0.1, -0.05) is 53.8 Å². The van der Waals surface area contributed by atoms with Crippen molar-refractivity contribution in [3.05, 3.63) is 87.0 Å². The molecule has 29 heavy (non-hydrogen) atoms. The first-order chi connectivity index (χ1) is 13.9. The molecule has 0 radical (unpaired) electrons. The first-order valence-corrected chi connectivity index (χ1v) is 9.84. The van der Waals surface area contributed by atoms with Gasteiger partial charge in [0.1, 0.15) is 11.5 Å². The van der Waals surface area contributed by atoms with Crippen LogP contribution in [0.1, 0.15) is 11.3 Å². The van der Waals surface area contributed by atoms with Crippen molar-refractivity contribution in [3.63, 3.8) is 0 Å². The zero-order chi connectivity index (χ0) is 20.5. The summed E-state index contributed by atoms with van der Waals surface area (Å²) in [5.74, 6) is 0.738. The number of carbonyl (C=O) groups is 1. The number of amides is 1. The lowest BCUT2D eigenvalue weighted by atomic mass is 10.1. The maximum atomic E-state index is 12.8. The molecule has 1 saturated heterocycles. The summed E-state index contributed by atoms with van der Waals surface area (Å²) in [5, 5.41) is 11.0. The third kappa shape index (κ3) is 3.85. The molecule has 1 fully saturated rings. The third-order valence-corrected chi connectivity index (χ3v) is 5.63. The van der Waals surface area contributed by atoms with Gasteiger partial charge >= 0.3 is 0 Å². The number of rotatable bonds is 4. The number of benzene rings is 2. The number of hydrogen-bond donors (Lipinski definition) is 0. The minimum atomic E-state index is -0.455. The quantitative estimate of drug-likeness (QED) is 0.237. The second-order valence-corrected chi connectivity index (χ2v) is 8.04. The summed E-state index contributed by atoms with van der Waals surface area (Å²) in [6.07, 6.45) is 1.63. The highest BCUT2D eigenvalue weighted by Gasteiger charge is 2.33. The molecule has 1 aliphatic heterocycles. The van der Waals surface area contributed by atoms with E-state index < -0.39 is 4.92 Å². The molecule has 2 aromatic carbocycles. The van der Waals surface area contributed by atoms with Gasteiger partial charge in [-0.05, 0) is 31.2 Å². The van der Waals surface area contributed by atoms with E-state index in [0.29, 0.717) is 26.3 Å². The van der Waals surface area contributed by atoms with E-state index in [1.807, 2.05) is 31.2 Å². The van der Waals surface area contributed by atoms with E-state index in [-0.39, 0.29) is 11.6 Å². The van der Waals surface area contributed by atoms with Crippen molar-refractivity contribution in [2.45, 2.75) is 6.92 Å². The lowest BCUT2D eigenvalue weighted by Crippen LogP contribution is -2.27. The molecule has 1 aromatic heterocycles. The molecule has 0 N–H and O–H groups in total. The monoisotopic (exact) mass is 422 g/mol. The van der Waals surface area contributed by atoms with E-state index in [1.165, 1.54) is 28.8 Å².